The van der Waals surface area contributed by atoms with E-state index >= 15 is 0 Å². The van der Waals surface area contributed by atoms with Crippen LogP contribution in [0.1, 0.15) is 56.3 Å². The number of amides is 1. The molecule has 1 aromatic carbocycles. The van der Waals surface area contributed by atoms with Gasteiger partial charge >= 0.3 is 5.97 Å². The van der Waals surface area contributed by atoms with Crippen molar-refractivity contribution in [1.82, 2.24) is 5.32 Å². The van der Waals surface area contributed by atoms with Gasteiger partial charge in [-0.15, -0.1) is 0 Å². The number of carbonyl (C=O) groups is 2. The Labute approximate surface area is 145 Å². The third kappa shape index (κ3) is 7.49. The number of nitrogens with one attached hydrogen (secondary N) is 1. The van der Waals surface area contributed by atoms with Crippen molar-refractivity contribution < 1.29 is 14.3 Å². The summed E-state index contributed by atoms with van der Waals surface area (Å²) in [5, 5.41) is 2.94. The summed E-state index contributed by atoms with van der Waals surface area (Å²) in [6.45, 7) is 5.95. The maximum Gasteiger partial charge on any atom is 0.305 e. The molecule has 0 fully saturated rings. The zero-order chi connectivity index (χ0) is 17.8. The molecular formula is C19H30N2O3. The van der Waals surface area contributed by atoms with Gasteiger partial charge in [-0.3, -0.25) is 9.59 Å². The van der Waals surface area contributed by atoms with Gasteiger partial charge in [-0.1, -0.05) is 12.8 Å². The van der Waals surface area contributed by atoms with E-state index in [0.29, 0.717) is 25.1 Å². The largest absolute Gasteiger partial charge is 0.466 e. The number of carbonyl (C=O) groups excluding carboxylic acids is 2. The van der Waals surface area contributed by atoms with Crippen LogP contribution >= 0.6 is 0 Å². The minimum absolute atomic E-state index is 0.0350. The first kappa shape index (κ1) is 20.0. The van der Waals surface area contributed by atoms with Gasteiger partial charge in [-0.2, -0.15) is 0 Å². The summed E-state index contributed by atoms with van der Waals surface area (Å²) in [5.41, 5.74) is 1.79. The number of benzene rings is 1. The smallest absolute Gasteiger partial charge is 0.305 e. The zero-order valence-electron chi connectivity index (χ0n) is 15.1. The number of esters is 1. The fraction of sp³-hybridized carbons (Fsp3) is 0.579. The van der Waals surface area contributed by atoms with Crippen molar-refractivity contribution in [2.45, 2.75) is 46.0 Å². The molecule has 1 aromatic rings. The van der Waals surface area contributed by atoms with E-state index in [-0.39, 0.29) is 11.9 Å². The fourth-order valence-corrected chi connectivity index (χ4v) is 2.33. The van der Waals surface area contributed by atoms with Gasteiger partial charge in [0.25, 0.3) is 5.91 Å². The standard InChI is InChI=1S/C19H30N2O3/c1-4-21(3)17-13-11-16(12-14-17)19(23)20-15-9-7-6-8-10-18(22)24-5-2/h11-14H,4-10,15H2,1-3H3,(H,20,23). The number of hydrogen-bond acceptors (Lipinski definition) is 4. The van der Waals surface area contributed by atoms with Crippen molar-refractivity contribution in [3.8, 4) is 0 Å². The average Bonchev–Trinajstić information content (AvgIpc) is 2.60. The maximum atomic E-state index is 12.1. The van der Waals surface area contributed by atoms with Gasteiger partial charge in [0.05, 0.1) is 6.61 Å². The Morgan fingerprint density at radius 2 is 1.71 bits per heavy atom. The maximum absolute atomic E-state index is 12.1. The first-order valence-corrected chi connectivity index (χ1v) is 8.83. The van der Waals surface area contributed by atoms with Crippen LogP contribution < -0.4 is 10.2 Å². The van der Waals surface area contributed by atoms with E-state index < -0.39 is 0 Å². The molecule has 1 rings (SSSR count). The fourth-order valence-electron chi connectivity index (χ4n) is 2.33. The Kier molecular flexibility index (Phi) is 9.58. The molecule has 0 aliphatic rings. The van der Waals surface area contributed by atoms with Crippen LogP contribution in [0.15, 0.2) is 24.3 Å². The molecule has 0 radical (unpaired) electrons. The molecule has 24 heavy (non-hydrogen) atoms. The Hall–Kier alpha value is -2.04. The molecule has 5 heteroatoms. The Morgan fingerprint density at radius 3 is 2.33 bits per heavy atom. The van der Waals surface area contributed by atoms with Crippen molar-refractivity contribution in [2.75, 3.05) is 31.6 Å². The second kappa shape index (κ2) is 11.5. The quantitative estimate of drug-likeness (QED) is 0.498. The first-order valence-electron chi connectivity index (χ1n) is 8.83. The molecule has 0 bridgehead atoms. The summed E-state index contributed by atoms with van der Waals surface area (Å²) >= 11 is 0. The topological polar surface area (TPSA) is 58.6 Å². The lowest BCUT2D eigenvalue weighted by Crippen LogP contribution is -2.24. The van der Waals surface area contributed by atoms with Gasteiger partial charge in [0.15, 0.2) is 0 Å². The predicted octanol–water partition coefficient (Wildman–Crippen LogP) is 3.39. The van der Waals surface area contributed by atoms with E-state index in [1.165, 1.54) is 0 Å². The SMILES string of the molecule is CCOC(=O)CCCCCCNC(=O)c1ccc(N(C)CC)cc1. The molecule has 1 N–H and O–H groups in total. The number of anilines is 1. The average molecular weight is 334 g/mol. The van der Waals surface area contributed by atoms with Gasteiger partial charge in [0.2, 0.25) is 0 Å². The van der Waals surface area contributed by atoms with Gasteiger partial charge < -0.3 is 15.0 Å². The van der Waals surface area contributed by atoms with Crippen LogP contribution in [0.5, 0.6) is 0 Å². The highest BCUT2D eigenvalue weighted by atomic mass is 16.5. The lowest BCUT2D eigenvalue weighted by Gasteiger charge is -2.16. The van der Waals surface area contributed by atoms with E-state index in [9.17, 15) is 9.59 Å². The number of nitrogens with zero attached hydrogens (tertiary/aromatic N) is 1. The molecule has 0 saturated heterocycles. The highest BCUT2D eigenvalue weighted by molar-refractivity contribution is 5.94. The highest BCUT2D eigenvalue weighted by Gasteiger charge is 2.06. The summed E-state index contributed by atoms with van der Waals surface area (Å²) in [5.74, 6) is -0.157. The van der Waals surface area contributed by atoms with Crippen LogP contribution in [0.4, 0.5) is 5.69 Å². The van der Waals surface area contributed by atoms with Crippen molar-refractivity contribution >= 4 is 17.6 Å². The number of ether oxygens (including phenoxy) is 1. The van der Waals surface area contributed by atoms with E-state index in [1.807, 2.05) is 38.2 Å². The summed E-state index contributed by atoms with van der Waals surface area (Å²) in [4.78, 5) is 25.4. The summed E-state index contributed by atoms with van der Waals surface area (Å²) in [7, 11) is 2.02. The van der Waals surface area contributed by atoms with Crippen LogP contribution in [0.25, 0.3) is 0 Å². The third-order valence-corrected chi connectivity index (χ3v) is 3.94. The summed E-state index contributed by atoms with van der Waals surface area (Å²) in [6, 6.07) is 7.65. The molecule has 0 saturated carbocycles. The van der Waals surface area contributed by atoms with Crippen molar-refractivity contribution in [3.05, 3.63) is 29.8 Å². The zero-order valence-corrected chi connectivity index (χ0v) is 15.1. The van der Waals surface area contributed by atoms with Crippen LogP contribution in [0.2, 0.25) is 0 Å². The van der Waals surface area contributed by atoms with Crippen molar-refractivity contribution in [1.29, 1.82) is 0 Å². The lowest BCUT2D eigenvalue weighted by molar-refractivity contribution is -0.143. The molecule has 0 aromatic heterocycles. The summed E-state index contributed by atoms with van der Waals surface area (Å²) in [6.07, 6.45) is 4.23. The molecule has 1 amide bonds. The minimum atomic E-state index is -0.122. The van der Waals surface area contributed by atoms with Gasteiger partial charge in [-0.25, -0.2) is 0 Å². The van der Waals surface area contributed by atoms with Crippen molar-refractivity contribution in [2.24, 2.45) is 0 Å². The van der Waals surface area contributed by atoms with Crippen LogP contribution in [-0.2, 0) is 9.53 Å². The predicted molar refractivity (Wildman–Crippen MR) is 97.4 cm³/mol. The molecular weight excluding hydrogens is 304 g/mol. The molecule has 0 heterocycles. The van der Waals surface area contributed by atoms with Crippen LogP contribution in [0, 0.1) is 0 Å². The Bertz CT molecular complexity index is 500. The normalized spacial score (nSPS) is 10.3. The number of unbranched alkanes of at least 4 members (excludes halogenated alkanes) is 3. The molecule has 0 spiro atoms. The van der Waals surface area contributed by atoms with Crippen molar-refractivity contribution in [3.63, 3.8) is 0 Å². The first-order chi connectivity index (χ1) is 11.6. The van der Waals surface area contributed by atoms with Crippen LogP contribution in [0.3, 0.4) is 0 Å². The van der Waals surface area contributed by atoms with E-state index in [0.717, 1.165) is 37.9 Å². The van der Waals surface area contributed by atoms with Gasteiger partial charge in [-0.05, 0) is 51.0 Å². The molecule has 5 nitrogen and oxygen atoms in total. The third-order valence-electron chi connectivity index (χ3n) is 3.94. The molecule has 0 aliphatic carbocycles. The van der Waals surface area contributed by atoms with Gasteiger partial charge in [0.1, 0.15) is 0 Å². The second-order valence-electron chi connectivity index (χ2n) is 5.79. The Morgan fingerprint density at radius 1 is 1.04 bits per heavy atom. The highest BCUT2D eigenvalue weighted by Crippen LogP contribution is 2.13. The minimum Gasteiger partial charge on any atom is -0.466 e. The summed E-state index contributed by atoms with van der Waals surface area (Å²) < 4.78 is 4.88. The lowest BCUT2D eigenvalue weighted by atomic mass is 10.1. The van der Waals surface area contributed by atoms with E-state index in [2.05, 4.69) is 17.1 Å². The molecule has 134 valence electrons. The molecule has 0 unspecified atom stereocenters. The van der Waals surface area contributed by atoms with Gasteiger partial charge in [0, 0.05) is 37.8 Å². The van der Waals surface area contributed by atoms with E-state index in [1.54, 1.807) is 0 Å². The monoisotopic (exact) mass is 334 g/mol. The van der Waals surface area contributed by atoms with E-state index in [4.69, 9.17) is 4.74 Å². The number of rotatable bonds is 11. The number of hydrogen-bond donors (Lipinski definition) is 1. The van der Waals surface area contributed by atoms with Crippen LogP contribution in [-0.4, -0.2) is 38.6 Å². The second-order valence-corrected chi connectivity index (χ2v) is 5.79. The molecule has 0 atom stereocenters. The Balaban J connectivity index is 2.17. The molecule has 0 aliphatic heterocycles.